The second kappa shape index (κ2) is 7.75. The third-order valence-corrected chi connectivity index (χ3v) is 3.36. The van der Waals surface area contributed by atoms with Crippen molar-refractivity contribution in [1.29, 1.82) is 0 Å². The molecule has 0 saturated carbocycles. The number of aromatic nitrogens is 1. The maximum atomic E-state index is 5.14. The highest BCUT2D eigenvalue weighted by molar-refractivity contribution is 5.84. The number of hydrogen-bond donors (Lipinski definition) is 0. The number of pyridine rings is 1. The summed E-state index contributed by atoms with van der Waals surface area (Å²) in [6.07, 6.45) is 3.52. The van der Waals surface area contributed by atoms with E-state index in [4.69, 9.17) is 4.74 Å². The first-order chi connectivity index (χ1) is 11.8. The average Bonchev–Trinajstić information content (AvgIpc) is 2.66. The number of methoxy groups -OCH3 is 1. The molecule has 0 spiro atoms. The molecule has 0 unspecified atom stereocenters. The molecule has 0 saturated heterocycles. The molecule has 0 aliphatic heterocycles. The summed E-state index contributed by atoms with van der Waals surface area (Å²) in [5.74, 6) is 7.05. The van der Waals surface area contributed by atoms with Gasteiger partial charge in [0.15, 0.2) is 0 Å². The number of benzene rings is 2. The quantitative estimate of drug-likeness (QED) is 0.535. The zero-order valence-electron chi connectivity index (χ0n) is 13.3. The molecule has 1 heterocycles. The summed E-state index contributed by atoms with van der Waals surface area (Å²) >= 11 is 0. The van der Waals surface area contributed by atoms with Gasteiger partial charge in [-0.15, -0.1) is 0 Å². The first kappa shape index (κ1) is 15.5. The summed E-state index contributed by atoms with van der Waals surface area (Å²) in [7, 11) is 1.64. The molecule has 0 atom stereocenters. The molecule has 1 aromatic heterocycles. The molecule has 0 N–H and O–H groups in total. The highest BCUT2D eigenvalue weighted by atomic mass is 16.5. The van der Waals surface area contributed by atoms with Crippen molar-refractivity contribution in [2.75, 3.05) is 7.11 Å². The largest absolute Gasteiger partial charge is 0.497 e. The molecule has 0 aliphatic carbocycles. The van der Waals surface area contributed by atoms with E-state index in [0.717, 1.165) is 22.6 Å². The molecule has 3 rings (SSSR count). The minimum Gasteiger partial charge on any atom is -0.497 e. The molecule has 0 bridgehead atoms. The van der Waals surface area contributed by atoms with Crippen molar-refractivity contribution in [3.05, 3.63) is 89.7 Å². The second-order valence-electron chi connectivity index (χ2n) is 5.01. The minimum absolute atomic E-state index is 0.707. The molecular weight excluding hydrogens is 296 g/mol. The summed E-state index contributed by atoms with van der Waals surface area (Å²) in [5.41, 5.74) is 3.40. The van der Waals surface area contributed by atoms with Gasteiger partial charge in [0.1, 0.15) is 11.4 Å². The van der Waals surface area contributed by atoms with E-state index < -0.39 is 0 Å². The molecule has 24 heavy (non-hydrogen) atoms. The van der Waals surface area contributed by atoms with Crippen molar-refractivity contribution in [2.24, 2.45) is 4.99 Å². The van der Waals surface area contributed by atoms with Crippen LogP contribution in [0.25, 0.3) is 0 Å². The molecule has 2 aromatic carbocycles. The van der Waals surface area contributed by atoms with Gasteiger partial charge in [-0.2, -0.15) is 0 Å². The van der Waals surface area contributed by atoms with Crippen molar-refractivity contribution in [3.8, 4) is 17.6 Å². The summed E-state index contributed by atoms with van der Waals surface area (Å²) in [5, 5.41) is 0. The summed E-state index contributed by atoms with van der Waals surface area (Å²) in [6, 6.07) is 21.3. The Balaban J connectivity index is 1.84. The standard InChI is InChI=1S/C21H16N2O/c1-24-20-12-10-19(11-13-20)23-16-18-8-5-15-22-21(18)14-9-17-6-3-2-4-7-17/h2-8,10-13,15-16H,1H3. The lowest BCUT2D eigenvalue weighted by Gasteiger charge is -2.00. The van der Waals surface area contributed by atoms with Crippen LogP contribution in [0, 0.1) is 11.8 Å². The molecule has 0 aliphatic rings. The molecule has 116 valence electrons. The molecule has 0 radical (unpaired) electrons. The van der Waals surface area contributed by atoms with E-state index in [1.54, 1.807) is 19.5 Å². The average molecular weight is 312 g/mol. The molecule has 0 fully saturated rings. The Hall–Kier alpha value is -3.38. The zero-order chi connectivity index (χ0) is 16.6. The summed E-state index contributed by atoms with van der Waals surface area (Å²) in [6.45, 7) is 0. The van der Waals surface area contributed by atoms with E-state index >= 15 is 0 Å². The second-order valence-corrected chi connectivity index (χ2v) is 5.01. The van der Waals surface area contributed by atoms with Crippen LogP contribution in [0.1, 0.15) is 16.8 Å². The third-order valence-electron chi connectivity index (χ3n) is 3.36. The molecular formula is C21H16N2O. The number of hydrogen-bond acceptors (Lipinski definition) is 3. The SMILES string of the molecule is COc1ccc(N=Cc2cccnc2C#Cc2ccccc2)cc1. The van der Waals surface area contributed by atoms with Crippen molar-refractivity contribution in [1.82, 2.24) is 4.98 Å². The fraction of sp³-hybridized carbons (Fsp3) is 0.0476. The van der Waals surface area contributed by atoms with Crippen LogP contribution in [0.15, 0.2) is 77.9 Å². The van der Waals surface area contributed by atoms with Gasteiger partial charge in [-0.3, -0.25) is 4.99 Å². The van der Waals surface area contributed by atoms with Crippen molar-refractivity contribution in [3.63, 3.8) is 0 Å². The van der Waals surface area contributed by atoms with Crippen LogP contribution < -0.4 is 4.74 Å². The Bertz CT molecular complexity index is 888. The lowest BCUT2D eigenvalue weighted by Crippen LogP contribution is -1.91. The Labute approximate surface area is 141 Å². The predicted molar refractivity (Wildman–Crippen MR) is 96.9 cm³/mol. The fourth-order valence-corrected chi connectivity index (χ4v) is 2.09. The Kier molecular flexibility index (Phi) is 5.01. The first-order valence-electron chi connectivity index (χ1n) is 7.55. The van der Waals surface area contributed by atoms with Crippen molar-refractivity contribution < 1.29 is 4.74 Å². The van der Waals surface area contributed by atoms with Crippen LogP contribution >= 0.6 is 0 Å². The van der Waals surface area contributed by atoms with E-state index in [-0.39, 0.29) is 0 Å². The lowest BCUT2D eigenvalue weighted by atomic mass is 10.2. The van der Waals surface area contributed by atoms with Gasteiger partial charge in [-0.1, -0.05) is 24.1 Å². The first-order valence-corrected chi connectivity index (χ1v) is 7.55. The zero-order valence-corrected chi connectivity index (χ0v) is 13.3. The third kappa shape index (κ3) is 4.08. The maximum Gasteiger partial charge on any atom is 0.122 e. The van der Waals surface area contributed by atoms with Gasteiger partial charge in [0.2, 0.25) is 0 Å². The monoisotopic (exact) mass is 312 g/mol. The van der Waals surface area contributed by atoms with Crippen molar-refractivity contribution in [2.45, 2.75) is 0 Å². The Morgan fingerprint density at radius 1 is 0.917 bits per heavy atom. The lowest BCUT2D eigenvalue weighted by molar-refractivity contribution is 0.415. The molecule has 3 heteroatoms. The van der Waals surface area contributed by atoms with Crippen molar-refractivity contribution >= 4 is 11.9 Å². The van der Waals surface area contributed by atoms with Crippen LogP contribution in [0.3, 0.4) is 0 Å². The Morgan fingerprint density at radius 2 is 1.71 bits per heavy atom. The van der Waals surface area contributed by atoms with Crippen LogP contribution in [-0.2, 0) is 0 Å². The van der Waals surface area contributed by atoms with Gasteiger partial charge < -0.3 is 4.74 Å². The maximum absolute atomic E-state index is 5.14. The van der Waals surface area contributed by atoms with Gasteiger partial charge in [0.25, 0.3) is 0 Å². The van der Waals surface area contributed by atoms with Crippen LogP contribution in [0.5, 0.6) is 5.75 Å². The highest BCUT2D eigenvalue weighted by Gasteiger charge is 1.98. The van der Waals surface area contributed by atoms with Crippen LogP contribution in [0.2, 0.25) is 0 Å². The van der Waals surface area contributed by atoms with Gasteiger partial charge >= 0.3 is 0 Å². The molecule has 3 aromatic rings. The van der Waals surface area contributed by atoms with E-state index in [9.17, 15) is 0 Å². The van der Waals surface area contributed by atoms with Gasteiger partial charge in [-0.05, 0) is 54.5 Å². The van der Waals surface area contributed by atoms with E-state index in [0.29, 0.717) is 5.69 Å². The number of aliphatic imine (C=N–C) groups is 1. The smallest absolute Gasteiger partial charge is 0.122 e. The van der Waals surface area contributed by atoms with E-state index in [1.807, 2.05) is 66.7 Å². The Morgan fingerprint density at radius 3 is 2.46 bits per heavy atom. The van der Waals surface area contributed by atoms with E-state index in [1.165, 1.54) is 0 Å². The molecule has 0 amide bonds. The topological polar surface area (TPSA) is 34.5 Å². The fourth-order valence-electron chi connectivity index (χ4n) is 2.09. The molecule has 3 nitrogen and oxygen atoms in total. The van der Waals surface area contributed by atoms with Gasteiger partial charge in [0, 0.05) is 23.5 Å². The number of ether oxygens (including phenoxy) is 1. The van der Waals surface area contributed by atoms with Crippen LogP contribution in [-0.4, -0.2) is 18.3 Å². The minimum atomic E-state index is 0.707. The van der Waals surface area contributed by atoms with Crippen LogP contribution in [0.4, 0.5) is 5.69 Å². The highest BCUT2D eigenvalue weighted by Crippen LogP contribution is 2.17. The summed E-state index contributed by atoms with van der Waals surface area (Å²) in [4.78, 5) is 8.83. The predicted octanol–water partition coefficient (Wildman–Crippen LogP) is 4.24. The number of nitrogens with zero attached hydrogens (tertiary/aromatic N) is 2. The van der Waals surface area contributed by atoms with E-state index in [2.05, 4.69) is 21.8 Å². The normalized spacial score (nSPS) is 10.2. The number of rotatable bonds is 3. The van der Waals surface area contributed by atoms with Gasteiger partial charge in [-0.25, -0.2) is 4.98 Å². The van der Waals surface area contributed by atoms with Gasteiger partial charge in [0.05, 0.1) is 12.8 Å². The summed E-state index contributed by atoms with van der Waals surface area (Å²) < 4.78 is 5.14.